The van der Waals surface area contributed by atoms with Crippen LogP contribution in [0.1, 0.15) is 53.4 Å². The average Bonchev–Trinajstić information content (AvgIpc) is 3.37. The number of aromatic nitrogens is 1. The van der Waals surface area contributed by atoms with Crippen molar-refractivity contribution in [3.8, 4) is 5.69 Å². The Morgan fingerprint density at radius 1 is 1.03 bits per heavy atom. The summed E-state index contributed by atoms with van der Waals surface area (Å²) >= 11 is 1.32. The van der Waals surface area contributed by atoms with Crippen molar-refractivity contribution in [1.82, 2.24) is 9.58 Å². The van der Waals surface area contributed by atoms with Gasteiger partial charge in [-0.15, -0.1) is 0 Å². The van der Waals surface area contributed by atoms with Crippen molar-refractivity contribution in [2.24, 2.45) is 10.1 Å². The van der Waals surface area contributed by atoms with E-state index in [0.717, 1.165) is 38.8 Å². The molecule has 2 aliphatic rings. The number of aliphatic imine (C=N–C) groups is 1. The lowest BCUT2D eigenvalue weighted by Crippen LogP contribution is -2.35. The van der Waals surface area contributed by atoms with Crippen LogP contribution < -0.4 is 0 Å². The lowest BCUT2D eigenvalue weighted by Gasteiger charge is -2.20. The summed E-state index contributed by atoms with van der Waals surface area (Å²) in [5, 5.41) is 15.9. The molecule has 0 bridgehead atoms. The molecule has 0 radical (unpaired) electrons. The summed E-state index contributed by atoms with van der Waals surface area (Å²) in [6, 6.07) is 18.6. The Hall–Kier alpha value is -3.71. The molecule has 3 aromatic rings. The van der Waals surface area contributed by atoms with Crippen LogP contribution in [-0.4, -0.2) is 31.5 Å². The number of amides is 1. The largest absolute Gasteiger partial charge is 0.318 e. The molecule has 0 spiro atoms. The number of fused-ring (bicyclic) bond motifs is 1. The number of thioether (sulfide) groups is 1. The fraction of sp³-hybridized carbons (Fsp3) is 0.214. The normalized spacial score (nSPS) is 16.7. The molecule has 2 aliphatic heterocycles. The van der Waals surface area contributed by atoms with Gasteiger partial charge >= 0.3 is 0 Å². The van der Waals surface area contributed by atoms with E-state index in [1.165, 1.54) is 22.3 Å². The monoisotopic (exact) mass is 481 g/mol. The number of hydrogen-bond acceptors (Lipinski definition) is 4. The van der Waals surface area contributed by atoms with Crippen molar-refractivity contribution in [2.45, 2.75) is 40.5 Å². The minimum Gasteiger partial charge on any atom is -0.318 e. The van der Waals surface area contributed by atoms with Gasteiger partial charge in [0.1, 0.15) is 5.04 Å². The van der Waals surface area contributed by atoms with Gasteiger partial charge in [0.15, 0.2) is 5.84 Å². The van der Waals surface area contributed by atoms with E-state index in [1.54, 1.807) is 6.08 Å². The number of aryl methyl sites for hydroxylation is 2. The number of hydrogen-bond donors (Lipinski definition) is 1. The zero-order chi connectivity index (χ0) is 24.9. The third-order valence-electron chi connectivity index (χ3n) is 6.31. The zero-order valence-electron chi connectivity index (χ0n) is 20.5. The molecule has 2 aromatic carbocycles. The van der Waals surface area contributed by atoms with Crippen LogP contribution in [0.2, 0.25) is 0 Å². The Bertz CT molecular complexity index is 1460. The van der Waals surface area contributed by atoms with Crippen LogP contribution in [0.25, 0.3) is 11.8 Å². The van der Waals surface area contributed by atoms with E-state index >= 15 is 0 Å². The number of amidine groups is 2. The van der Waals surface area contributed by atoms with Gasteiger partial charge in [0.05, 0.1) is 5.57 Å². The molecule has 3 heterocycles. The zero-order valence-corrected chi connectivity index (χ0v) is 21.3. The van der Waals surface area contributed by atoms with Crippen molar-refractivity contribution in [3.05, 3.63) is 93.8 Å². The van der Waals surface area contributed by atoms with Crippen molar-refractivity contribution < 1.29 is 4.79 Å². The Kier molecular flexibility index (Phi) is 5.81. The van der Waals surface area contributed by atoms with E-state index in [2.05, 4.69) is 52.8 Å². The molecule has 1 aromatic heterocycles. The van der Waals surface area contributed by atoms with Gasteiger partial charge in [-0.2, -0.15) is 15.1 Å². The second kappa shape index (κ2) is 8.82. The van der Waals surface area contributed by atoms with Gasteiger partial charge in [-0.25, -0.2) is 0 Å². The lowest BCUT2D eigenvalue weighted by molar-refractivity contribution is -0.114. The Labute approximate surface area is 209 Å². The summed E-state index contributed by atoms with van der Waals surface area (Å²) in [4.78, 5) is 17.2. The molecule has 0 fully saturated rings. The molecule has 0 saturated carbocycles. The molecule has 1 amide bonds. The van der Waals surface area contributed by atoms with E-state index in [1.807, 2.05) is 51.1 Å². The number of rotatable bonds is 4. The molecule has 6 nitrogen and oxygen atoms in total. The summed E-state index contributed by atoms with van der Waals surface area (Å²) < 4.78 is 2.17. The highest BCUT2D eigenvalue weighted by Gasteiger charge is 2.36. The standard InChI is InChI=1S/C28H27N5OS/c1-16(2)20-9-11-23(12-10-20)32-18(4)14-22(19(32)5)15-24-25(29)33-28(30-26(24)34)35-27(31-33)21-8-6-7-17(3)13-21/h6-16,29H,1-5H3/b24-15+,29-25?. The second-order valence-electron chi connectivity index (χ2n) is 9.20. The summed E-state index contributed by atoms with van der Waals surface area (Å²) in [5.41, 5.74) is 7.62. The van der Waals surface area contributed by atoms with Crippen LogP contribution in [0.4, 0.5) is 0 Å². The van der Waals surface area contributed by atoms with Crippen LogP contribution in [0.5, 0.6) is 0 Å². The van der Waals surface area contributed by atoms with E-state index in [-0.39, 0.29) is 11.4 Å². The predicted molar refractivity (Wildman–Crippen MR) is 145 cm³/mol. The molecule has 35 heavy (non-hydrogen) atoms. The number of nitrogens with zero attached hydrogens (tertiary/aromatic N) is 4. The van der Waals surface area contributed by atoms with Gasteiger partial charge in [-0.05, 0) is 79.9 Å². The molecule has 0 unspecified atom stereocenters. The first-order chi connectivity index (χ1) is 16.7. The molecule has 7 heteroatoms. The predicted octanol–water partition coefficient (Wildman–Crippen LogP) is 6.19. The van der Waals surface area contributed by atoms with Crippen molar-refractivity contribution in [3.63, 3.8) is 0 Å². The first kappa shape index (κ1) is 23.1. The smallest absolute Gasteiger partial charge is 0.283 e. The van der Waals surface area contributed by atoms with Gasteiger partial charge in [0.2, 0.25) is 5.17 Å². The second-order valence-corrected chi connectivity index (χ2v) is 10.2. The molecule has 1 N–H and O–H groups in total. The van der Waals surface area contributed by atoms with E-state index in [9.17, 15) is 4.79 Å². The van der Waals surface area contributed by atoms with Crippen LogP contribution >= 0.6 is 11.8 Å². The number of benzene rings is 2. The Morgan fingerprint density at radius 3 is 2.46 bits per heavy atom. The van der Waals surface area contributed by atoms with Gasteiger partial charge in [-0.1, -0.05) is 49.7 Å². The van der Waals surface area contributed by atoms with Gasteiger partial charge in [-0.3, -0.25) is 10.2 Å². The quantitative estimate of drug-likeness (QED) is 0.451. The topological polar surface area (TPSA) is 73.8 Å². The summed E-state index contributed by atoms with van der Waals surface area (Å²) in [5.74, 6) is 0.101. The maximum atomic E-state index is 12.9. The summed E-state index contributed by atoms with van der Waals surface area (Å²) in [6.45, 7) is 10.5. The van der Waals surface area contributed by atoms with Gasteiger partial charge in [0, 0.05) is 22.6 Å². The van der Waals surface area contributed by atoms with E-state index < -0.39 is 5.91 Å². The first-order valence-corrected chi connectivity index (χ1v) is 12.4. The highest BCUT2D eigenvalue weighted by molar-refractivity contribution is 8.27. The fourth-order valence-electron chi connectivity index (χ4n) is 4.38. The molecule has 176 valence electrons. The summed E-state index contributed by atoms with van der Waals surface area (Å²) in [7, 11) is 0. The molecular weight excluding hydrogens is 454 g/mol. The Morgan fingerprint density at radius 2 is 1.77 bits per heavy atom. The third-order valence-corrected chi connectivity index (χ3v) is 7.27. The molecule has 5 rings (SSSR count). The maximum Gasteiger partial charge on any atom is 0.283 e. The van der Waals surface area contributed by atoms with Crippen molar-refractivity contribution in [2.75, 3.05) is 0 Å². The highest BCUT2D eigenvalue weighted by Crippen LogP contribution is 2.32. The number of carbonyl (C=O) groups excluding carboxylic acids is 1. The van der Waals surface area contributed by atoms with Crippen LogP contribution in [0.3, 0.4) is 0 Å². The Balaban J connectivity index is 1.48. The van der Waals surface area contributed by atoms with E-state index in [0.29, 0.717) is 11.1 Å². The third kappa shape index (κ3) is 4.17. The molecule has 0 atom stereocenters. The van der Waals surface area contributed by atoms with Gasteiger partial charge in [0.25, 0.3) is 5.91 Å². The highest BCUT2D eigenvalue weighted by atomic mass is 32.2. The van der Waals surface area contributed by atoms with Crippen molar-refractivity contribution >= 4 is 39.8 Å². The minimum absolute atomic E-state index is 0.0428. The molecule has 0 aliphatic carbocycles. The average molecular weight is 482 g/mol. The molecule has 0 saturated heterocycles. The van der Waals surface area contributed by atoms with Crippen LogP contribution in [-0.2, 0) is 4.79 Å². The first-order valence-electron chi connectivity index (χ1n) is 11.6. The number of carbonyl (C=O) groups is 1. The number of nitrogens with one attached hydrogen (secondary N) is 1. The van der Waals surface area contributed by atoms with Crippen LogP contribution in [0, 0.1) is 26.2 Å². The summed E-state index contributed by atoms with van der Waals surface area (Å²) in [6.07, 6.45) is 1.76. The number of hydrazone groups is 1. The lowest BCUT2D eigenvalue weighted by atomic mass is 10.0. The van der Waals surface area contributed by atoms with Gasteiger partial charge < -0.3 is 4.57 Å². The fourth-order valence-corrected chi connectivity index (χ4v) is 5.27. The minimum atomic E-state index is -0.416. The molecular formula is C28H27N5OS. The SMILES string of the molecule is Cc1cccc(C2=NN3C(=N)/C(=C\c4cc(C)n(-c5ccc(C(C)C)cc5)c4C)C(=O)N=C3S2)c1. The van der Waals surface area contributed by atoms with Crippen LogP contribution in [0.15, 0.2) is 70.3 Å². The van der Waals surface area contributed by atoms with E-state index in [4.69, 9.17) is 5.41 Å². The maximum absolute atomic E-state index is 12.9. The van der Waals surface area contributed by atoms with Crippen molar-refractivity contribution in [1.29, 1.82) is 5.41 Å².